The number of aliphatic hydroxyl groups is 2. The van der Waals surface area contributed by atoms with Crippen LogP contribution in [-0.4, -0.2) is 35.0 Å². The van der Waals surface area contributed by atoms with Crippen LogP contribution in [0.5, 0.6) is 0 Å². The quantitative estimate of drug-likeness (QED) is 0.785. The van der Waals surface area contributed by atoms with Gasteiger partial charge in [0.2, 0.25) is 5.76 Å². The van der Waals surface area contributed by atoms with E-state index >= 15 is 0 Å². The number of benzene rings is 1. The maximum Gasteiger partial charge on any atom is 0.377 e. The molecule has 0 aromatic heterocycles. The van der Waals surface area contributed by atoms with Crippen molar-refractivity contribution < 1.29 is 30.6 Å². The molecule has 1 saturated heterocycles. The molecular formula is C13H12O6. The summed E-state index contributed by atoms with van der Waals surface area (Å²) < 4.78 is 23.7. The van der Waals surface area contributed by atoms with Crippen LogP contribution in [0.25, 0.3) is 0 Å². The minimum absolute atomic E-state index is 0.0479. The predicted molar refractivity (Wildman–Crippen MR) is 62.2 cm³/mol. The fraction of sp³-hybridized carbons (Fsp3) is 0.308. The molecule has 2 heterocycles. The first-order chi connectivity index (χ1) is 9.51. The molecule has 0 aliphatic carbocycles. The van der Waals surface area contributed by atoms with Crippen molar-refractivity contribution in [3.05, 3.63) is 47.4 Å². The van der Waals surface area contributed by atoms with Gasteiger partial charge in [0.1, 0.15) is 6.10 Å². The Morgan fingerprint density at radius 2 is 2.00 bits per heavy atom. The molecule has 6 heteroatoms. The molecule has 1 aromatic carbocycles. The van der Waals surface area contributed by atoms with E-state index in [9.17, 15) is 15.0 Å². The lowest BCUT2D eigenvalue weighted by Crippen LogP contribution is -2.30. The van der Waals surface area contributed by atoms with E-state index in [4.69, 9.17) is 15.6 Å². The molecule has 0 bridgehead atoms. The molecule has 0 amide bonds. The average Bonchev–Trinajstić information content (AvgIpc) is 2.97. The van der Waals surface area contributed by atoms with Gasteiger partial charge >= 0.3 is 5.97 Å². The molecule has 2 aliphatic rings. The highest BCUT2D eigenvalue weighted by Gasteiger charge is 2.44. The van der Waals surface area contributed by atoms with Crippen molar-refractivity contribution in [2.75, 3.05) is 6.61 Å². The van der Waals surface area contributed by atoms with Crippen molar-refractivity contribution in [3.63, 3.8) is 0 Å². The van der Waals surface area contributed by atoms with Gasteiger partial charge in [-0.25, -0.2) is 4.79 Å². The number of carbonyl (C=O) groups is 1. The normalized spacial score (nSPS) is 35.4. The van der Waals surface area contributed by atoms with E-state index in [0.717, 1.165) is 0 Å². The van der Waals surface area contributed by atoms with Crippen LogP contribution in [-0.2, 0) is 19.0 Å². The highest BCUT2D eigenvalue weighted by molar-refractivity contribution is 5.89. The van der Waals surface area contributed by atoms with Gasteiger partial charge in [-0.15, -0.1) is 0 Å². The molecule has 1 fully saturated rings. The molecule has 1 aromatic rings. The molecule has 3 atom stereocenters. The van der Waals surface area contributed by atoms with E-state index in [1.807, 2.05) is 0 Å². The number of hydrogen-bond acceptors (Lipinski definition) is 6. The van der Waals surface area contributed by atoms with Crippen LogP contribution >= 0.6 is 0 Å². The zero-order valence-corrected chi connectivity index (χ0v) is 9.78. The lowest BCUT2D eigenvalue weighted by atomic mass is 10.2. The van der Waals surface area contributed by atoms with Crippen molar-refractivity contribution in [1.82, 2.24) is 0 Å². The summed E-state index contributed by atoms with van der Waals surface area (Å²) >= 11 is 0. The summed E-state index contributed by atoms with van der Waals surface area (Å²) in [7, 11) is 0. The standard InChI is InChI=1S/C13H12O6/c14-9-10(15)12(16)19-11(9)8-6-17-13(18-8)7-4-2-1-3-5-7/h1-5,8,11,13-15H,6H2/t8-,11+,13?/m0/s1/i13D. The summed E-state index contributed by atoms with van der Waals surface area (Å²) in [5.41, 5.74) is 0.486. The monoisotopic (exact) mass is 265 g/mol. The van der Waals surface area contributed by atoms with E-state index in [-0.39, 0.29) is 6.61 Å². The summed E-state index contributed by atoms with van der Waals surface area (Å²) in [6.07, 6.45) is -3.74. The minimum atomic E-state index is -1.73. The first-order valence-corrected chi connectivity index (χ1v) is 5.71. The third-order valence-electron chi connectivity index (χ3n) is 2.92. The Morgan fingerprint density at radius 1 is 1.26 bits per heavy atom. The number of rotatable bonds is 2. The Labute approximate surface area is 110 Å². The number of ether oxygens (including phenoxy) is 3. The first-order valence-electron chi connectivity index (χ1n) is 6.21. The highest BCUT2D eigenvalue weighted by atomic mass is 16.7. The Morgan fingerprint density at radius 3 is 2.63 bits per heavy atom. The summed E-state index contributed by atoms with van der Waals surface area (Å²) in [4.78, 5) is 11.1. The summed E-state index contributed by atoms with van der Waals surface area (Å²) in [6.45, 7) is -0.0479. The second-order valence-electron chi connectivity index (χ2n) is 4.18. The number of cyclic esters (lactones) is 1. The molecule has 19 heavy (non-hydrogen) atoms. The van der Waals surface area contributed by atoms with Crippen molar-refractivity contribution in [2.24, 2.45) is 0 Å². The Balaban J connectivity index is 1.80. The molecule has 0 saturated carbocycles. The smallest absolute Gasteiger partial charge is 0.377 e. The average molecular weight is 265 g/mol. The number of carbonyl (C=O) groups excluding carboxylic acids is 1. The molecule has 3 rings (SSSR count). The number of esters is 1. The molecule has 0 radical (unpaired) electrons. The summed E-state index contributed by atoms with van der Waals surface area (Å²) in [6, 6.07) is 8.62. The fourth-order valence-electron chi connectivity index (χ4n) is 1.96. The predicted octanol–water partition coefficient (Wildman–Crippen LogP) is 1.35. The van der Waals surface area contributed by atoms with Crippen LogP contribution in [0.3, 0.4) is 0 Å². The SMILES string of the molecule is [2H]C1(c2ccccc2)OC[C@@H]([C@H]2OC(=O)C(O)=C2O)O1. The largest absolute Gasteiger partial charge is 0.505 e. The van der Waals surface area contributed by atoms with Gasteiger partial charge in [0, 0.05) is 5.56 Å². The second kappa shape index (κ2) is 4.56. The molecule has 6 nitrogen and oxygen atoms in total. The zero-order chi connectivity index (χ0) is 14.3. The third kappa shape index (κ3) is 2.05. The summed E-state index contributed by atoms with van der Waals surface area (Å²) in [5, 5.41) is 18.9. The van der Waals surface area contributed by atoms with E-state index < -0.39 is 36.0 Å². The molecule has 2 aliphatic heterocycles. The maximum atomic E-state index is 11.1. The molecular weight excluding hydrogens is 252 g/mol. The van der Waals surface area contributed by atoms with Crippen LogP contribution in [0, 0.1) is 0 Å². The van der Waals surface area contributed by atoms with E-state index in [1.165, 1.54) is 0 Å². The van der Waals surface area contributed by atoms with E-state index in [0.29, 0.717) is 5.56 Å². The van der Waals surface area contributed by atoms with Crippen LogP contribution in [0.4, 0.5) is 0 Å². The van der Waals surface area contributed by atoms with Crippen molar-refractivity contribution in [1.29, 1.82) is 0 Å². The van der Waals surface area contributed by atoms with Crippen LogP contribution < -0.4 is 0 Å². The van der Waals surface area contributed by atoms with Gasteiger partial charge in [-0.05, 0) is 0 Å². The Bertz CT molecular complexity index is 571. The van der Waals surface area contributed by atoms with Crippen LogP contribution in [0.15, 0.2) is 41.9 Å². The lowest BCUT2D eigenvalue weighted by Gasteiger charge is -2.16. The van der Waals surface area contributed by atoms with Gasteiger partial charge < -0.3 is 24.4 Å². The van der Waals surface area contributed by atoms with Gasteiger partial charge in [-0.3, -0.25) is 0 Å². The Kier molecular flexibility index (Phi) is 2.60. The molecule has 2 N–H and O–H groups in total. The molecule has 1 unspecified atom stereocenters. The van der Waals surface area contributed by atoms with Crippen molar-refractivity contribution in [3.8, 4) is 0 Å². The zero-order valence-electron chi connectivity index (χ0n) is 10.8. The van der Waals surface area contributed by atoms with E-state index in [2.05, 4.69) is 0 Å². The maximum absolute atomic E-state index is 11.1. The van der Waals surface area contributed by atoms with Gasteiger partial charge in [-0.1, -0.05) is 30.3 Å². The van der Waals surface area contributed by atoms with Gasteiger partial charge in [0.25, 0.3) is 0 Å². The fourth-order valence-corrected chi connectivity index (χ4v) is 1.96. The number of aliphatic hydroxyl groups excluding tert-OH is 2. The van der Waals surface area contributed by atoms with Crippen LogP contribution in [0.1, 0.15) is 13.2 Å². The lowest BCUT2D eigenvalue weighted by molar-refractivity contribution is -0.149. The minimum Gasteiger partial charge on any atom is -0.505 e. The highest BCUT2D eigenvalue weighted by Crippen LogP contribution is 2.33. The topological polar surface area (TPSA) is 85.2 Å². The van der Waals surface area contributed by atoms with Gasteiger partial charge in [0.05, 0.1) is 7.98 Å². The van der Waals surface area contributed by atoms with Gasteiger partial charge in [-0.2, -0.15) is 0 Å². The second-order valence-corrected chi connectivity index (χ2v) is 4.18. The molecule has 0 spiro atoms. The first kappa shape index (κ1) is 10.8. The van der Waals surface area contributed by atoms with Crippen LogP contribution in [0.2, 0.25) is 0 Å². The third-order valence-corrected chi connectivity index (χ3v) is 2.92. The van der Waals surface area contributed by atoms with E-state index in [1.54, 1.807) is 30.3 Å². The Hall–Kier alpha value is -2.05. The van der Waals surface area contributed by atoms with Gasteiger partial charge in [0.15, 0.2) is 18.1 Å². The van der Waals surface area contributed by atoms with Crippen molar-refractivity contribution in [2.45, 2.75) is 18.5 Å². The van der Waals surface area contributed by atoms with Crippen molar-refractivity contribution >= 4 is 5.97 Å². The number of hydrogen-bond donors (Lipinski definition) is 2. The summed E-state index contributed by atoms with van der Waals surface area (Å²) in [5.74, 6) is -2.44. The molecule has 100 valence electrons.